The van der Waals surface area contributed by atoms with Crippen LogP contribution in [0.5, 0.6) is 0 Å². The zero-order valence-electron chi connectivity index (χ0n) is 15.6. The first-order chi connectivity index (χ1) is 13.5. The molecule has 0 bridgehead atoms. The highest BCUT2D eigenvalue weighted by atomic mass is 35.5. The Morgan fingerprint density at radius 2 is 1.55 bits per heavy atom. The number of hydrogen-bond donors (Lipinski definition) is 1. The topological polar surface area (TPSA) is 97.7 Å². The first-order valence-electron chi connectivity index (χ1n) is 8.42. The van der Waals surface area contributed by atoms with Gasteiger partial charge in [0.1, 0.15) is 0 Å². The number of sulfone groups is 1. The molecule has 0 aliphatic rings. The van der Waals surface area contributed by atoms with E-state index in [1.54, 1.807) is 6.92 Å². The molecule has 0 unspecified atom stereocenters. The van der Waals surface area contributed by atoms with Gasteiger partial charge in [0.25, 0.3) is 0 Å². The van der Waals surface area contributed by atoms with Crippen LogP contribution in [0.2, 0.25) is 10.0 Å². The van der Waals surface area contributed by atoms with Gasteiger partial charge in [-0.3, -0.25) is 4.79 Å². The number of esters is 1. The van der Waals surface area contributed by atoms with E-state index < -0.39 is 28.2 Å². The van der Waals surface area contributed by atoms with Gasteiger partial charge in [-0.15, -0.1) is 0 Å². The van der Waals surface area contributed by atoms with Crippen LogP contribution < -0.4 is 0 Å². The van der Waals surface area contributed by atoms with Crippen molar-refractivity contribution in [2.24, 2.45) is 0 Å². The number of carbonyl (C=O) groups excluding carboxylic acids is 1. The molecule has 6 nitrogen and oxygen atoms in total. The van der Waals surface area contributed by atoms with E-state index in [0.29, 0.717) is 11.1 Å². The van der Waals surface area contributed by atoms with Crippen LogP contribution in [0.25, 0.3) is 5.57 Å². The maximum atomic E-state index is 12.6. The first-order valence-corrected chi connectivity index (χ1v) is 11.1. The van der Waals surface area contributed by atoms with Crippen LogP contribution in [0.3, 0.4) is 0 Å². The van der Waals surface area contributed by atoms with Gasteiger partial charge in [-0.25, -0.2) is 13.2 Å². The molecular formula is C20H18Cl2O6S. The number of aliphatic carboxylic acids is 1. The second-order valence-corrected chi connectivity index (χ2v) is 8.99. The van der Waals surface area contributed by atoms with E-state index in [1.165, 1.54) is 42.5 Å². The van der Waals surface area contributed by atoms with Crippen LogP contribution in [-0.2, 0) is 24.2 Å². The van der Waals surface area contributed by atoms with E-state index >= 15 is 0 Å². The summed E-state index contributed by atoms with van der Waals surface area (Å²) in [4.78, 5) is 24.1. The van der Waals surface area contributed by atoms with Crippen LogP contribution in [-0.4, -0.2) is 38.3 Å². The summed E-state index contributed by atoms with van der Waals surface area (Å²) in [5, 5.41) is 9.91. The van der Waals surface area contributed by atoms with Gasteiger partial charge in [0.15, 0.2) is 9.84 Å². The Labute approximate surface area is 178 Å². The Bertz CT molecular complexity index is 1050. The number of halogens is 2. The number of benzene rings is 2. The number of carboxylic acids is 1. The van der Waals surface area contributed by atoms with Crippen molar-refractivity contribution in [1.29, 1.82) is 0 Å². The van der Waals surface area contributed by atoms with Gasteiger partial charge in [-0.1, -0.05) is 35.3 Å². The van der Waals surface area contributed by atoms with E-state index in [2.05, 4.69) is 0 Å². The molecule has 0 amide bonds. The summed E-state index contributed by atoms with van der Waals surface area (Å²) in [6.07, 6.45) is 0.468. The minimum absolute atomic E-state index is 0.0541. The fourth-order valence-electron chi connectivity index (χ4n) is 2.71. The van der Waals surface area contributed by atoms with Crippen LogP contribution in [0.4, 0.5) is 0 Å². The summed E-state index contributed by atoms with van der Waals surface area (Å²) in [5.41, 5.74) is 0.957. The minimum Gasteiger partial charge on any atom is -0.481 e. The van der Waals surface area contributed by atoms with Crippen molar-refractivity contribution >= 4 is 50.6 Å². The highest BCUT2D eigenvalue weighted by Gasteiger charge is 2.23. The standard InChI is InChI=1S/C20H18Cl2O6S/c1-3-28-20(25)17(11-18(23)24)19(13-8-14(21)10-15(22)9-13)12-4-6-16(7-5-12)29(2,26)27/h4-10H,3,11H2,1-2H3,(H,23,24). The van der Waals surface area contributed by atoms with E-state index in [1.807, 2.05) is 0 Å². The lowest BCUT2D eigenvalue weighted by atomic mass is 9.91. The average molecular weight is 457 g/mol. The van der Waals surface area contributed by atoms with E-state index in [0.717, 1.165) is 6.26 Å². The molecule has 0 saturated heterocycles. The Hall–Kier alpha value is -2.35. The summed E-state index contributed by atoms with van der Waals surface area (Å²) in [7, 11) is -3.43. The zero-order chi connectivity index (χ0) is 21.8. The minimum atomic E-state index is -3.43. The highest BCUT2D eigenvalue weighted by molar-refractivity contribution is 7.90. The molecule has 0 aromatic heterocycles. The van der Waals surface area contributed by atoms with Crippen molar-refractivity contribution < 1.29 is 27.9 Å². The molecule has 29 heavy (non-hydrogen) atoms. The lowest BCUT2D eigenvalue weighted by molar-refractivity contribution is -0.142. The number of rotatable bonds is 7. The Balaban J connectivity index is 2.82. The van der Waals surface area contributed by atoms with Crippen molar-refractivity contribution in [3.63, 3.8) is 0 Å². The summed E-state index contributed by atoms with van der Waals surface area (Å²) < 4.78 is 28.5. The van der Waals surface area contributed by atoms with E-state index in [-0.39, 0.29) is 32.7 Å². The molecule has 9 heteroatoms. The van der Waals surface area contributed by atoms with Gasteiger partial charge in [0.05, 0.1) is 23.5 Å². The third-order valence-electron chi connectivity index (χ3n) is 3.87. The maximum Gasteiger partial charge on any atom is 0.335 e. The summed E-state index contributed by atoms with van der Waals surface area (Å²) in [6.45, 7) is 1.66. The fourth-order valence-corrected chi connectivity index (χ4v) is 3.87. The lowest BCUT2D eigenvalue weighted by Gasteiger charge is -2.16. The SMILES string of the molecule is CCOC(=O)C(CC(=O)O)=C(c1ccc(S(C)(=O)=O)cc1)c1cc(Cl)cc(Cl)c1. The van der Waals surface area contributed by atoms with Gasteiger partial charge in [0.2, 0.25) is 0 Å². The van der Waals surface area contributed by atoms with Crippen LogP contribution in [0.1, 0.15) is 24.5 Å². The lowest BCUT2D eigenvalue weighted by Crippen LogP contribution is -2.14. The second kappa shape index (κ2) is 9.43. The van der Waals surface area contributed by atoms with Gasteiger partial charge < -0.3 is 9.84 Å². The number of ether oxygens (including phenoxy) is 1. The number of carbonyl (C=O) groups is 2. The van der Waals surface area contributed by atoms with Crippen molar-refractivity contribution in [3.8, 4) is 0 Å². The fraction of sp³-hybridized carbons (Fsp3) is 0.200. The van der Waals surface area contributed by atoms with E-state index in [9.17, 15) is 23.1 Å². The summed E-state index contributed by atoms with van der Waals surface area (Å²) in [6, 6.07) is 10.3. The van der Waals surface area contributed by atoms with Crippen molar-refractivity contribution in [1.82, 2.24) is 0 Å². The molecule has 0 fully saturated rings. The average Bonchev–Trinajstić information content (AvgIpc) is 2.60. The quantitative estimate of drug-likeness (QED) is 0.494. The first kappa shape index (κ1) is 22.9. The summed E-state index contributed by atoms with van der Waals surface area (Å²) >= 11 is 12.2. The van der Waals surface area contributed by atoms with Gasteiger partial charge in [-0.2, -0.15) is 0 Å². The van der Waals surface area contributed by atoms with Crippen LogP contribution in [0.15, 0.2) is 52.9 Å². The molecule has 0 spiro atoms. The molecular weight excluding hydrogens is 439 g/mol. The third-order valence-corrected chi connectivity index (χ3v) is 5.44. The maximum absolute atomic E-state index is 12.6. The smallest absolute Gasteiger partial charge is 0.335 e. The van der Waals surface area contributed by atoms with Gasteiger partial charge >= 0.3 is 11.9 Å². The molecule has 0 saturated carbocycles. The highest BCUT2D eigenvalue weighted by Crippen LogP contribution is 2.33. The Morgan fingerprint density at radius 1 is 1.00 bits per heavy atom. The number of hydrogen-bond acceptors (Lipinski definition) is 5. The summed E-state index contributed by atoms with van der Waals surface area (Å²) in [5.74, 6) is -2.03. The Kier molecular flexibility index (Phi) is 7.46. The van der Waals surface area contributed by atoms with Crippen LogP contribution >= 0.6 is 23.2 Å². The van der Waals surface area contributed by atoms with Gasteiger partial charge in [0, 0.05) is 21.9 Å². The largest absolute Gasteiger partial charge is 0.481 e. The predicted octanol–water partition coefficient (Wildman–Crippen LogP) is 4.24. The molecule has 2 rings (SSSR count). The molecule has 0 atom stereocenters. The Morgan fingerprint density at radius 3 is 2.00 bits per heavy atom. The molecule has 2 aromatic rings. The van der Waals surface area contributed by atoms with Crippen LogP contribution in [0, 0.1) is 0 Å². The van der Waals surface area contributed by atoms with Crippen molar-refractivity contribution in [2.45, 2.75) is 18.2 Å². The number of carboxylic acid groups (broad SMARTS) is 1. The molecule has 0 radical (unpaired) electrons. The second-order valence-electron chi connectivity index (χ2n) is 6.10. The van der Waals surface area contributed by atoms with Crippen molar-refractivity contribution in [2.75, 3.05) is 12.9 Å². The molecule has 2 aromatic carbocycles. The molecule has 0 heterocycles. The molecule has 0 aliphatic heterocycles. The molecule has 1 N–H and O–H groups in total. The monoisotopic (exact) mass is 456 g/mol. The zero-order valence-corrected chi connectivity index (χ0v) is 17.9. The van der Waals surface area contributed by atoms with Crippen molar-refractivity contribution in [3.05, 3.63) is 69.2 Å². The molecule has 154 valence electrons. The van der Waals surface area contributed by atoms with Gasteiger partial charge in [-0.05, 0) is 48.4 Å². The molecule has 0 aliphatic carbocycles. The third kappa shape index (κ3) is 6.06. The van der Waals surface area contributed by atoms with E-state index in [4.69, 9.17) is 27.9 Å². The predicted molar refractivity (Wildman–Crippen MR) is 111 cm³/mol. The normalized spacial score (nSPS) is 12.3.